The molecule has 192 valence electrons. The fourth-order valence-corrected chi connectivity index (χ4v) is 8.74. The highest BCUT2D eigenvalue weighted by atomic mass is 28.4. The second-order valence-electron chi connectivity index (χ2n) is 6.99. The summed E-state index contributed by atoms with van der Waals surface area (Å²) in [6.07, 6.45) is 1.49. The lowest BCUT2D eigenvalue weighted by Gasteiger charge is -2.31. The van der Waals surface area contributed by atoms with Crippen LogP contribution in [0.2, 0.25) is 12.1 Å². The summed E-state index contributed by atoms with van der Waals surface area (Å²) < 4.78 is 35.6. The lowest BCUT2D eigenvalue weighted by molar-refractivity contribution is 0.0696. The molecule has 0 atom stereocenters. The van der Waals surface area contributed by atoms with Crippen LogP contribution < -0.4 is 5.32 Å². The molecule has 0 radical (unpaired) electrons. The van der Waals surface area contributed by atoms with Crippen LogP contribution in [0.4, 0.5) is 4.79 Å². The fourth-order valence-electron chi connectivity index (χ4n) is 3.55. The van der Waals surface area contributed by atoms with Crippen molar-refractivity contribution in [1.82, 2.24) is 10.2 Å². The Bertz CT molecular complexity index is 409. The monoisotopic (exact) mass is 496 g/mol. The Kier molecular flexibility index (Phi) is 18.5. The summed E-state index contributed by atoms with van der Waals surface area (Å²) >= 11 is 0. The van der Waals surface area contributed by atoms with Crippen LogP contribution in [0.3, 0.4) is 0 Å². The van der Waals surface area contributed by atoms with Crippen molar-refractivity contribution in [2.75, 3.05) is 59.3 Å². The molecule has 0 unspecified atom stereocenters. The molecule has 32 heavy (non-hydrogen) atoms. The SMILES string of the molecule is CCNC(=O)N(CCC[Si](OCC)(OCC)OCC)CCC[Si](OCC)(OCC)OCC. The number of carbonyl (C=O) groups is 1. The van der Waals surface area contributed by atoms with Gasteiger partial charge in [0.05, 0.1) is 0 Å². The van der Waals surface area contributed by atoms with E-state index in [1.54, 1.807) is 0 Å². The van der Waals surface area contributed by atoms with Crippen LogP contribution in [0.1, 0.15) is 61.3 Å². The highest BCUT2D eigenvalue weighted by Gasteiger charge is 2.41. The minimum Gasteiger partial charge on any atom is -0.374 e. The Morgan fingerprint density at radius 3 is 1.19 bits per heavy atom. The zero-order valence-corrected chi connectivity index (χ0v) is 23.5. The number of nitrogens with zero attached hydrogens (tertiary/aromatic N) is 1. The van der Waals surface area contributed by atoms with Gasteiger partial charge in [0.25, 0.3) is 0 Å². The summed E-state index contributed by atoms with van der Waals surface area (Å²) in [5, 5.41) is 2.91. The van der Waals surface area contributed by atoms with Gasteiger partial charge in [-0.1, -0.05) is 0 Å². The third kappa shape index (κ3) is 12.1. The van der Waals surface area contributed by atoms with Crippen molar-refractivity contribution in [1.29, 1.82) is 0 Å². The first kappa shape index (κ1) is 31.5. The van der Waals surface area contributed by atoms with Crippen LogP contribution >= 0.6 is 0 Å². The van der Waals surface area contributed by atoms with Crippen molar-refractivity contribution in [3.8, 4) is 0 Å². The van der Waals surface area contributed by atoms with E-state index in [0.717, 1.165) is 12.8 Å². The molecule has 0 heterocycles. The van der Waals surface area contributed by atoms with Crippen molar-refractivity contribution in [2.24, 2.45) is 0 Å². The molecule has 0 aromatic carbocycles. The topological polar surface area (TPSA) is 87.7 Å². The van der Waals surface area contributed by atoms with E-state index in [4.69, 9.17) is 26.6 Å². The van der Waals surface area contributed by atoms with Crippen molar-refractivity contribution in [2.45, 2.75) is 73.4 Å². The first-order valence-electron chi connectivity index (χ1n) is 12.3. The maximum absolute atomic E-state index is 12.7. The van der Waals surface area contributed by atoms with Gasteiger partial charge in [-0.2, -0.15) is 0 Å². The number of hydrogen-bond donors (Lipinski definition) is 1. The number of amides is 2. The van der Waals surface area contributed by atoms with Crippen molar-refractivity contribution in [3.05, 3.63) is 0 Å². The first-order valence-corrected chi connectivity index (χ1v) is 16.1. The molecule has 2 amide bonds. The van der Waals surface area contributed by atoms with Crippen molar-refractivity contribution >= 4 is 23.6 Å². The predicted octanol–water partition coefficient (Wildman–Crippen LogP) is 3.89. The molecule has 9 nitrogen and oxygen atoms in total. The molecule has 0 saturated carbocycles. The lowest BCUT2D eigenvalue weighted by atomic mass is 10.3. The molecule has 0 rings (SSSR count). The van der Waals surface area contributed by atoms with E-state index in [0.29, 0.717) is 71.4 Å². The molecule has 11 heteroatoms. The summed E-state index contributed by atoms with van der Waals surface area (Å²) in [7, 11) is -5.44. The summed E-state index contributed by atoms with van der Waals surface area (Å²) in [6.45, 7) is 18.7. The van der Waals surface area contributed by atoms with Gasteiger partial charge in [0.2, 0.25) is 0 Å². The molecule has 0 saturated heterocycles. The zero-order chi connectivity index (χ0) is 24.3. The van der Waals surface area contributed by atoms with Crippen LogP contribution in [-0.2, 0) is 26.6 Å². The summed E-state index contributed by atoms with van der Waals surface area (Å²) in [5.74, 6) is 0. The van der Waals surface area contributed by atoms with Crippen molar-refractivity contribution < 1.29 is 31.4 Å². The molecule has 0 aromatic heterocycles. The minimum atomic E-state index is -2.72. The Hall–Kier alpha value is -0.536. The number of urea groups is 1. The van der Waals surface area contributed by atoms with Crippen LogP contribution in [-0.4, -0.2) is 87.8 Å². The van der Waals surface area contributed by atoms with Gasteiger partial charge in [0, 0.05) is 71.4 Å². The molecule has 0 bridgehead atoms. The average Bonchev–Trinajstić information content (AvgIpc) is 2.74. The Balaban J connectivity index is 5.08. The molecule has 0 aromatic rings. The molecule has 0 aliphatic heterocycles. The van der Waals surface area contributed by atoms with Gasteiger partial charge in [0.15, 0.2) is 0 Å². The minimum absolute atomic E-state index is 0.0690. The van der Waals surface area contributed by atoms with Gasteiger partial charge >= 0.3 is 23.6 Å². The average molecular weight is 497 g/mol. The number of carbonyl (C=O) groups excluding carboxylic acids is 1. The van der Waals surface area contributed by atoms with Crippen LogP contribution in [0.5, 0.6) is 0 Å². The van der Waals surface area contributed by atoms with Gasteiger partial charge in [-0.25, -0.2) is 4.79 Å². The normalized spacial score (nSPS) is 12.2. The highest BCUT2D eigenvalue weighted by molar-refractivity contribution is 6.61. The number of hydrogen-bond acceptors (Lipinski definition) is 7. The molecular weight excluding hydrogens is 448 g/mol. The number of nitrogens with one attached hydrogen (secondary N) is 1. The van der Waals surface area contributed by atoms with E-state index >= 15 is 0 Å². The summed E-state index contributed by atoms with van der Waals surface area (Å²) in [5.41, 5.74) is 0. The van der Waals surface area contributed by atoms with E-state index in [2.05, 4.69) is 5.32 Å². The predicted molar refractivity (Wildman–Crippen MR) is 131 cm³/mol. The van der Waals surface area contributed by atoms with E-state index in [-0.39, 0.29) is 6.03 Å². The molecular formula is C21H48N2O7Si2. The third-order valence-electron chi connectivity index (χ3n) is 4.62. The van der Waals surface area contributed by atoms with Gasteiger partial charge in [0.1, 0.15) is 0 Å². The molecule has 0 fully saturated rings. The van der Waals surface area contributed by atoms with E-state index in [9.17, 15) is 4.79 Å². The number of rotatable bonds is 21. The van der Waals surface area contributed by atoms with Gasteiger partial charge in [-0.3, -0.25) is 0 Å². The third-order valence-corrected chi connectivity index (χ3v) is 10.9. The Labute approximate surface area is 198 Å². The standard InChI is InChI=1S/C21H48N2O7Si2/c1-8-22-21(24)23(17-15-19-31(25-9-2,26-10-3)27-11-4)18-16-20-32(28-12-5,29-13-6)30-14-7/h8-20H2,1-7H3,(H,22,24). The van der Waals surface area contributed by atoms with E-state index in [1.165, 1.54) is 0 Å². The van der Waals surface area contributed by atoms with E-state index < -0.39 is 17.6 Å². The molecule has 0 aliphatic rings. The van der Waals surface area contributed by atoms with Gasteiger partial charge in [-0.15, -0.1) is 0 Å². The largest absolute Gasteiger partial charge is 0.500 e. The Morgan fingerprint density at radius 2 is 0.938 bits per heavy atom. The summed E-state index contributed by atoms with van der Waals surface area (Å²) in [4.78, 5) is 14.5. The fraction of sp³-hybridized carbons (Fsp3) is 0.952. The zero-order valence-electron chi connectivity index (χ0n) is 21.5. The molecule has 0 aliphatic carbocycles. The van der Waals surface area contributed by atoms with Crippen molar-refractivity contribution in [3.63, 3.8) is 0 Å². The van der Waals surface area contributed by atoms with Gasteiger partial charge in [-0.05, 0) is 61.3 Å². The lowest BCUT2D eigenvalue weighted by Crippen LogP contribution is -2.48. The second kappa shape index (κ2) is 18.8. The maximum atomic E-state index is 12.7. The molecule has 1 N–H and O–H groups in total. The second-order valence-corrected chi connectivity index (χ2v) is 12.5. The van der Waals surface area contributed by atoms with Crippen LogP contribution in [0.15, 0.2) is 0 Å². The summed E-state index contributed by atoms with van der Waals surface area (Å²) in [6, 6.07) is 1.28. The Morgan fingerprint density at radius 1 is 0.625 bits per heavy atom. The quantitative estimate of drug-likeness (QED) is 0.241. The first-order chi connectivity index (χ1) is 15.4. The van der Waals surface area contributed by atoms with E-state index in [1.807, 2.05) is 53.4 Å². The van der Waals surface area contributed by atoms with Crippen LogP contribution in [0.25, 0.3) is 0 Å². The van der Waals surface area contributed by atoms with Gasteiger partial charge < -0.3 is 36.8 Å². The highest BCUT2D eigenvalue weighted by Crippen LogP contribution is 2.21. The smallest absolute Gasteiger partial charge is 0.374 e. The molecule has 0 spiro atoms. The van der Waals surface area contributed by atoms with Crippen LogP contribution in [0, 0.1) is 0 Å². The maximum Gasteiger partial charge on any atom is 0.500 e.